The Balaban J connectivity index is 1.39. The lowest BCUT2D eigenvalue weighted by molar-refractivity contribution is -0.133. The van der Waals surface area contributed by atoms with Gasteiger partial charge in [0.25, 0.3) is 0 Å². The number of hydrogen-bond acceptors (Lipinski definition) is 6. The molecule has 2 aliphatic heterocycles. The molecule has 1 saturated carbocycles. The van der Waals surface area contributed by atoms with Gasteiger partial charge in [-0.1, -0.05) is 33.6 Å². The summed E-state index contributed by atoms with van der Waals surface area (Å²) in [5, 5.41) is 4.04. The summed E-state index contributed by atoms with van der Waals surface area (Å²) in [4.78, 5) is 40.3. The first-order valence-corrected chi connectivity index (χ1v) is 13.4. The second-order valence-electron chi connectivity index (χ2n) is 9.17. The molecular weight excluding hydrogens is 539 g/mol. The third kappa shape index (κ3) is 5.38. The molecule has 11 heteroatoms. The van der Waals surface area contributed by atoms with E-state index in [2.05, 4.69) is 26.1 Å². The van der Waals surface area contributed by atoms with Gasteiger partial charge >= 0.3 is 0 Å². The van der Waals surface area contributed by atoms with E-state index in [9.17, 15) is 14.0 Å². The van der Waals surface area contributed by atoms with E-state index in [1.165, 1.54) is 12.1 Å². The van der Waals surface area contributed by atoms with Gasteiger partial charge in [-0.3, -0.25) is 9.59 Å². The van der Waals surface area contributed by atoms with Gasteiger partial charge in [0.05, 0.1) is 17.6 Å². The van der Waals surface area contributed by atoms with Gasteiger partial charge in [-0.2, -0.15) is 4.98 Å². The summed E-state index contributed by atoms with van der Waals surface area (Å²) in [5.74, 6) is 1.34. The average Bonchev–Trinajstić information content (AvgIpc) is 3.72. The summed E-state index contributed by atoms with van der Waals surface area (Å²) in [6.45, 7) is 4.00. The van der Waals surface area contributed by atoms with E-state index in [0.29, 0.717) is 74.4 Å². The smallest absolute Gasteiger partial charge is 0.233 e. The van der Waals surface area contributed by atoms with Gasteiger partial charge in [0.2, 0.25) is 17.8 Å². The SMILES string of the molecule is O=C(CBr)N1CCN(c2nc3c(c(NCc4ccc(F)cc4Cl)n2)CN(C(=O)C2CC2)CC3)CC1. The van der Waals surface area contributed by atoms with Crippen LogP contribution in [-0.2, 0) is 29.1 Å². The second-order valence-corrected chi connectivity index (χ2v) is 10.1. The average molecular weight is 566 g/mol. The number of nitrogens with one attached hydrogen (secondary N) is 1. The molecule has 1 N–H and O–H groups in total. The van der Waals surface area contributed by atoms with E-state index in [4.69, 9.17) is 21.6 Å². The standard InChI is InChI=1S/C24H27BrClFN6O2/c25-12-21(34)31-7-9-32(10-8-31)24-29-20-5-6-33(23(35)15-1-2-15)14-18(20)22(30-24)28-13-16-3-4-17(27)11-19(16)26/h3-4,11,15H,1-2,5-10,12-14H2,(H,28,29,30). The first-order chi connectivity index (χ1) is 16.9. The molecule has 3 heterocycles. The predicted octanol–water partition coefficient (Wildman–Crippen LogP) is 3.22. The number of halogens is 3. The van der Waals surface area contributed by atoms with Crippen LogP contribution in [0.15, 0.2) is 18.2 Å². The van der Waals surface area contributed by atoms with Crippen LogP contribution in [0.5, 0.6) is 0 Å². The number of hydrogen-bond donors (Lipinski definition) is 1. The molecule has 8 nitrogen and oxygen atoms in total. The molecule has 1 aromatic heterocycles. The van der Waals surface area contributed by atoms with E-state index in [1.807, 2.05) is 9.80 Å². The molecule has 1 aliphatic carbocycles. The van der Waals surface area contributed by atoms with Crippen molar-refractivity contribution in [1.82, 2.24) is 19.8 Å². The normalized spacial score (nSPS) is 17.9. The van der Waals surface area contributed by atoms with Crippen LogP contribution in [0.1, 0.15) is 29.7 Å². The summed E-state index contributed by atoms with van der Waals surface area (Å²) in [6.07, 6.45) is 2.60. The number of rotatable bonds is 6. The van der Waals surface area contributed by atoms with Crippen molar-refractivity contribution in [3.8, 4) is 0 Å². The predicted molar refractivity (Wildman–Crippen MR) is 135 cm³/mol. The molecule has 2 fully saturated rings. The van der Waals surface area contributed by atoms with Crippen molar-refractivity contribution in [1.29, 1.82) is 0 Å². The molecule has 0 atom stereocenters. The molecule has 0 unspecified atom stereocenters. The Morgan fingerprint density at radius 1 is 1.11 bits per heavy atom. The van der Waals surface area contributed by atoms with Crippen LogP contribution >= 0.6 is 27.5 Å². The molecule has 1 aromatic carbocycles. The van der Waals surface area contributed by atoms with Crippen LogP contribution in [0.3, 0.4) is 0 Å². The first kappa shape index (κ1) is 24.2. The van der Waals surface area contributed by atoms with Crippen LogP contribution in [0, 0.1) is 11.7 Å². The zero-order chi connectivity index (χ0) is 24.5. The van der Waals surface area contributed by atoms with Crippen LogP contribution in [-0.4, -0.2) is 69.6 Å². The fraction of sp³-hybridized carbons (Fsp3) is 0.500. The van der Waals surface area contributed by atoms with Crippen molar-refractivity contribution < 1.29 is 14.0 Å². The van der Waals surface area contributed by atoms with Crippen molar-refractivity contribution in [3.05, 3.63) is 45.9 Å². The molecule has 0 bridgehead atoms. The molecule has 3 aliphatic rings. The minimum Gasteiger partial charge on any atom is -0.365 e. The van der Waals surface area contributed by atoms with E-state index >= 15 is 0 Å². The largest absolute Gasteiger partial charge is 0.365 e. The van der Waals surface area contributed by atoms with Crippen molar-refractivity contribution in [3.63, 3.8) is 0 Å². The monoisotopic (exact) mass is 564 g/mol. The zero-order valence-electron chi connectivity index (χ0n) is 19.3. The number of piperazine rings is 1. The Bertz CT molecular complexity index is 1140. The number of carbonyl (C=O) groups excluding carboxylic acids is 2. The van der Waals surface area contributed by atoms with E-state index < -0.39 is 0 Å². The lowest BCUT2D eigenvalue weighted by atomic mass is 10.1. The number of fused-ring (bicyclic) bond motifs is 1. The highest BCUT2D eigenvalue weighted by atomic mass is 79.9. The van der Waals surface area contributed by atoms with Gasteiger partial charge in [0.15, 0.2) is 0 Å². The van der Waals surface area contributed by atoms with Crippen LogP contribution in [0.25, 0.3) is 0 Å². The Morgan fingerprint density at radius 2 is 1.89 bits per heavy atom. The molecule has 5 rings (SSSR count). The molecule has 2 amide bonds. The number of anilines is 2. The van der Waals surface area contributed by atoms with Gasteiger partial charge in [-0.25, -0.2) is 9.37 Å². The maximum Gasteiger partial charge on any atom is 0.233 e. The quantitative estimate of drug-likeness (QED) is 0.542. The fourth-order valence-electron chi connectivity index (χ4n) is 4.55. The summed E-state index contributed by atoms with van der Waals surface area (Å²) < 4.78 is 13.5. The minimum absolute atomic E-state index is 0.0787. The number of amides is 2. The Labute approximate surface area is 217 Å². The fourth-order valence-corrected chi connectivity index (χ4v) is 5.14. The van der Waals surface area contributed by atoms with Gasteiger partial charge in [-0.05, 0) is 30.5 Å². The topological polar surface area (TPSA) is 81.7 Å². The van der Waals surface area contributed by atoms with Crippen molar-refractivity contribution in [2.75, 3.05) is 48.3 Å². The number of benzene rings is 1. The number of alkyl halides is 1. The lowest BCUT2D eigenvalue weighted by Gasteiger charge is -2.36. The van der Waals surface area contributed by atoms with Crippen LogP contribution < -0.4 is 10.2 Å². The van der Waals surface area contributed by atoms with E-state index in [1.54, 1.807) is 6.07 Å². The summed E-state index contributed by atoms with van der Waals surface area (Å²) >= 11 is 9.48. The lowest BCUT2D eigenvalue weighted by Crippen LogP contribution is -2.49. The molecule has 35 heavy (non-hydrogen) atoms. The molecule has 1 saturated heterocycles. The highest BCUT2D eigenvalue weighted by molar-refractivity contribution is 9.09. The van der Waals surface area contributed by atoms with Gasteiger partial charge in [0, 0.05) is 62.2 Å². The maximum atomic E-state index is 13.5. The van der Waals surface area contributed by atoms with Crippen molar-refractivity contribution in [2.45, 2.75) is 32.4 Å². The molecule has 2 aromatic rings. The molecule has 0 radical (unpaired) electrons. The second kappa shape index (κ2) is 10.3. The highest BCUT2D eigenvalue weighted by Gasteiger charge is 2.36. The van der Waals surface area contributed by atoms with E-state index in [0.717, 1.165) is 29.7 Å². The van der Waals surface area contributed by atoms with Gasteiger partial charge < -0.3 is 20.0 Å². The Hall–Kier alpha value is -2.46. The summed E-state index contributed by atoms with van der Waals surface area (Å²) in [6, 6.07) is 4.33. The van der Waals surface area contributed by atoms with Gasteiger partial charge in [-0.15, -0.1) is 0 Å². The molecule has 0 spiro atoms. The third-order valence-electron chi connectivity index (χ3n) is 6.78. The van der Waals surface area contributed by atoms with Crippen LogP contribution in [0.2, 0.25) is 5.02 Å². The summed E-state index contributed by atoms with van der Waals surface area (Å²) in [7, 11) is 0. The number of nitrogens with zero attached hydrogens (tertiary/aromatic N) is 5. The number of aromatic nitrogens is 2. The van der Waals surface area contributed by atoms with Crippen LogP contribution in [0.4, 0.5) is 16.2 Å². The van der Waals surface area contributed by atoms with Gasteiger partial charge in [0.1, 0.15) is 11.6 Å². The zero-order valence-corrected chi connectivity index (χ0v) is 21.6. The molecular formula is C24H27BrClFN6O2. The van der Waals surface area contributed by atoms with E-state index in [-0.39, 0.29) is 23.5 Å². The number of carbonyl (C=O) groups is 2. The first-order valence-electron chi connectivity index (χ1n) is 11.9. The minimum atomic E-state index is -0.382. The Morgan fingerprint density at radius 3 is 2.57 bits per heavy atom. The highest BCUT2D eigenvalue weighted by Crippen LogP contribution is 2.34. The van der Waals surface area contributed by atoms with Crippen molar-refractivity contribution in [2.24, 2.45) is 5.92 Å². The van der Waals surface area contributed by atoms with Crippen molar-refractivity contribution >= 4 is 51.1 Å². The third-order valence-corrected chi connectivity index (χ3v) is 7.61. The molecule has 186 valence electrons. The maximum absolute atomic E-state index is 13.5. The Kier molecular flexibility index (Phi) is 7.11. The summed E-state index contributed by atoms with van der Waals surface area (Å²) in [5.41, 5.74) is 2.60.